The third-order valence-corrected chi connectivity index (χ3v) is 4.52. The number of aryl methyl sites for hydroxylation is 2. The second-order valence-corrected chi connectivity index (χ2v) is 6.37. The number of halogens is 1. The van der Waals surface area contributed by atoms with E-state index in [1.807, 2.05) is 12.1 Å². The highest BCUT2D eigenvalue weighted by Crippen LogP contribution is 2.22. The molecule has 1 aromatic carbocycles. The maximum atomic E-state index is 12.0. The first-order valence-electron chi connectivity index (χ1n) is 6.24. The van der Waals surface area contributed by atoms with Crippen LogP contribution in [0.1, 0.15) is 15.2 Å². The van der Waals surface area contributed by atoms with Crippen LogP contribution in [0, 0.1) is 0 Å². The predicted molar refractivity (Wildman–Crippen MR) is 82.6 cm³/mol. The summed E-state index contributed by atoms with van der Waals surface area (Å²) in [5, 5.41) is 9.04. The number of carbonyl (C=O) groups is 1. The van der Waals surface area contributed by atoms with Crippen LogP contribution in [0.2, 0.25) is 4.34 Å². The second kappa shape index (κ2) is 5.38. The molecule has 0 unspecified atom stereocenters. The molecule has 0 saturated carbocycles. The molecule has 7 heteroatoms. The van der Waals surface area contributed by atoms with Crippen LogP contribution in [0.4, 0.5) is 0 Å². The number of imidazole rings is 1. The van der Waals surface area contributed by atoms with E-state index in [0.29, 0.717) is 28.3 Å². The lowest BCUT2D eigenvalue weighted by Gasteiger charge is -2.03. The van der Waals surface area contributed by atoms with Gasteiger partial charge in [-0.1, -0.05) is 11.6 Å². The lowest BCUT2D eigenvalue weighted by Crippen LogP contribution is -2.17. The summed E-state index contributed by atoms with van der Waals surface area (Å²) in [4.78, 5) is 26.8. The molecule has 2 N–H and O–H groups in total. The van der Waals surface area contributed by atoms with Gasteiger partial charge in [0.15, 0.2) is 0 Å². The number of fused-ring (bicyclic) bond motifs is 1. The zero-order valence-electron chi connectivity index (χ0n) is 10.8. The molecule has 5 nitrogen and oxygen atoms in total. The number of H-pyrrole nitrogens is 1. The molecular weight excluding hydrogens is 312 g/mol. The smallest absolute Gasteiger partial charge is 0.335 e. The minimum atomic E-state index is -1.01. The number of benzene rings is 1. The Morgan fingerprint density at radius 2 is 2.14 bits per heavy atom. The van der Waals surface area contributed by atoms with E-state index < -0.39 is 5.97 Å². The van der Waals surface area contributed by atoms with E-state index in [2.05, 4.69) is 4.98 Å². The fraction of sp³-hybridized carbons (Fsp3) is 0.143. The molecule has 0 aliphatic heterocycles. The Labute approximate surface area is 128 Å². The SMILES string of the molecule is O=C(O)c1ccc2[nH]c(=O)n(CCc3ccc(Cl)s3)c2c1. The standard InChI is InChI=1S/C14H11ClN2O3S/c15-12-4-2-9(21-12)5-6-17-11-7-8(13(18)19)1-3-10(11)16-14(17)20/h1-4,7H,5-6H2,(H,16,20)(H,18,19). The molecule has 0 amide bonds. The highest BCUT2D eigenvalue weighted by atomic mass is 35.5. The maximum absolute atomic E-state index is 12.0. The first-order chi connectivity index (χ1) is 10.0. The number of aromatic carboxylic acids is 1. The summed E-state index contributed by atoms with van der Waals surface area (Å²) in [7, 11) is 0. The first kappa shape index (κ1) is 13.9. The molecule has 2 heterocycles. The molecule has 0 atom stereocenters. The van der Waals surface area contributed by atoms with E-state index in [1.54, 1.807) is 10.6 Å². The Bertz CT molecular complexity index is 878. The van der Waals surface area contributed by atoms with Crippen molar-refractivity contribution < 1.29 is 9.90 Å². The third kappa shape index (κ3) is 2.72. The summed E-state index contributed by atoms with van der Waals surface area (Å²) in [6, 6.07) is 8.34. The number of thiophene rings is 1. The Kier molecular flexibility index (Phi) is 3.57. The van der Waals surface area contributed by atoms with Crippen LogP contribution >= 0.6 is 22.9 Å². The zero-order valence-corrected chi connectivity index (χ0v) is 12.4. The van der Waals surface area contributed by atoms with Crippen LogP contribution < -0.4 is 5.69 Å². The molecule has 2 aromatic heterocycles. The number of carboxylic acid groups (broad SMARTS) is 1. The van der Waals surface area contributed by atoms with Crippen molar-refractivity contribution >= 4 is 39.9 Å². The van der Waals surface area contributed by atoms with Gasteiger partial charge in [0.1, 0.15) is 0 Å². The van der Waals surface area contributed by atoms with Crippen LogP contribution in [0.5, 0.6) is 0 Å². The van der Waals surface area contributed by atoms with Gasteiger partial charge in [-0.15, -0.1) is 11.3 Å². The van der Waals surface area contributed by atoms with E-state index >= 15 is 0 Å². The molecule has 0 fully saturated rings. The van der Waals surface area contributed by atoms with Gasteiger partial charge in [-0.25, -0.2) is 9.59 Å². The molecule has 108 valence electrons. The predicted octanol–water partition coefficient (Wildman–Crippen LogP) is 2.99. The highest BCUT2D eigenvalue weighted by molar-refractivity contribution is 7.16. The molecule has 3 rings (SSSR count). The van der Waals surface area contributed by atoms with Crippen molar-refractivity contribution in [3.8, 4) is 0 Å². The van der Waals surface area contributed by atoms with Crippen molar-refractivity contribution in [2.45, 2.75) is 13.0 Å². The van der Waals surface area contributed by atoms with Crippen molar-refractivity contribution in [1.82, 2.24) is 9.55 Å². The number of carboxylic acids is 1. The number of hydrogen-bond donors (Lipinski definition) is 2. The van der Waals surface area contributed by atoms with Gasteiger partial charge in [0.2, 0.25) is 0 Å². The zero-order chi connectivity index (χ0) is 15.0. The molecule has 0 bridgehead atoms. The molecule has 3 aromatic rings. The van der Waals surface area contributed by atoms with Gasteiger partial charge >= 0.3 is 11.7 Å². The topological polar surface area (TPSA) is 75.1 Å². The maximum Gasteiger partial charge on any atom is 0.335 e. The summed E-state index contributed by atoms with van der Waals surface area (Å²) in [5.74, 6) is -1.01. The summed E-state index contributed by atoms with van der Waals surface area (Å²) >= 11 is 7.36. The Morgan fingerprint density at radius 3 is 2.81 bits per heavy atom. The van der Waals surface area contributed by atoms with Crippen LogP contribution in [0.25, 0.3) is 11.0 Å². The first-order valence-corrected chi connectivity index (χ1v) is 7.44. The Hall–Kier alpha value is -2.05. The normalized spacial score (nSPS) is 11.1. The molecular formula is C14H11ClN2O3S. The molecule has 0 spiro atoms. The van der Waals surface area contributed by atoms with Gasteiger partial charge in [-0.05, 0) is 36.8 Å². The largest absolute Gasteiger partial charge is 0.478 e. The summed E-state index contributed by atoms with van der Waals surface area (Å²) in [6.45, 7) is 0.471. The van der Waals surface area contributed by atoms with E-state index in [-0.39, 0.29) is 11.3 Å². The van der Waals surface area contributed by atoms with Crippen LogP contribution in [0.15, 0.2) is 35.1 Å². The fourth-order valence-corrected chi connectivity index (χ4v) is 3.29. The quantitative estimate of drug-likeness (QED) is 0.775. The number of hydrogen-bond acceptors (Lipinski definition) is 3. The van der Waals surface area contributed by atoms with Gasteiger partial charge in [-0.3, -0.25) is 4.57 Å². The number of nitrogens with one attached hydrogen (secondary N) is 1. The number of aromatic nitrogens is 2. The summed E-state index contributed by atoms with van der Waals surface area (Å²) in [6.07, 6.45) is 0.668. The monoisotopic (exact) mass is 322 g/mol. The number of rotatable bonds is 4. The van der Waals surface area contributed by atoms with E-state index in [0.717, 1.165) is 4.88 Å². The lowest BCUT2D eigenvalue weighted by molar-refractivity contribution is 0.0697. The average molecular weight is 323 g/mol. The summed E-state index contributed by atoms with van der Waals surface area (Å²) < 4.78 is 2.26. The molecule has 0 aliphatic rings. The van der Waals surface area contributed by atoms with Gasteiger partial charge in [0, 0.05) is 11.4 Å². The van der Waals surface area contributed by atoms with Crippen LogP contribution in [-0.4, -0.2) is 20.6 Å². The van der Waals surface area contributed by atoms with E-state index in [4.69, 9.17) is 16.7 Å². The van der Waals surface area contributed by atoms with Crippen LogP contribution in [-0.2, 0) is 13.0 Å². The van der Waals surface area contributed by atoms with Crippen molar-refractivity contribution in [3.05, 3.63) is 55.6 Å². The summed E-state index contributed by atoms with van der Waals surface area (Å²) in [5.41, 5.74) is 1.15. The van der Waals surface area contributed by atoms with Crippen molar-refractivity contribution in [2.75, 3.05) is 0 Å². The Morgan fingerprint density at radius 1 is 1.33 bits per heavy atom. The molecule has 21 heavy (non-hydrogen) atoms. The molecule has 0 radical (unpaired) electrons. The van der Waals surface area contributed by atoms with Gasteiger partial charge in [0.25, 0.3) is 0 Å². The minimum absolute atomic E-state index is 0.161. The van der Waals surface area contributed by atoms with Crippen LogP contribution in [0.3, 0.4) is 0 Å². The number of aromatic amines is 1. The van der Waals surface area contributed by atoms with Crippen molar-refractivity contribution in [2.24, 2.45) is 0 Å². The van der Waals surface area contributed by atoms with Crippen molar-refractivity contribution in [3.63, 3.8) is 0 Å². The average Bonchev–Trinajstić information content (AvgIpc) is 2.98. The van der Waals surface area contributed by atoms with Gasteiger partial charge in [0.05, 0.1) is 20.9 Å². The highest BCUT2D eigenvalue weighted by Gasteiger charge is 2.10. The van der Waals surface area contributed by atoms with Crippen molar-refractivity contribution in [1.29, 1.82) is 0 Å². The van der Waals surface area contributed by atoms with E-state index in [1.165, 1.54) is 23.5 Å². The van der Waals surface area contributed by atoms with Gasteiger partial charge < -0.3 is 10.1 Å². The molecule has 0 saturated heterocycles. The molecule has 0 aliphatic carbocycles. The Balaban J connectivity index is 1.96. The van der Waals surface area contributed by atoms with E-state index in [9.17, 15) is 9.59 Å². The number of nitrogens with zero attached hydrogens (tertiary/aromatic N) is 1. The fourth-order valence-electron chi connectivity index (χ4n) is 2.22. The third-order valence-electron chi connectivity index (χ3n) is 3.23. The lowest BCUT2D eigenvalue weighted by atomic mass is 10.2. The second-order valence-electron chi connectivity index (χ2n) is 4.57. The van der Waals surface area contributed by atoms with Gasteiger partial charge in [-0.2, -0.15) is 0 Å². The minimum Gasteiger partial charge on any atom is -0.478 e.